The van der Waals surface area contributed by atoms with Crippen molar-refractivity contribution in [1.82, 2.24) is 4.90 Å². The fourth-order valence-electron chi connectivity index (χ4n) is 1.91. The molecule has 0 unspecified atom stereocenters. The number of aliphatic imine (C=N–C) groups is 1. The lowest BCUT2D eigenvalue weighted by atomic mass is 9.98. The molecule has 2 N–H and O–H groups in total. The summed E-state index contributed by atoms with van der Waals surface area (Å²) in [5.74, 6) is 1.39. The molecule has 0 spiro atoms. The van der Waals surface area contributed by atoms with Crippen LogP contribution in [0.2, 0.25) is 0 Å². The molecular formula is C11H23N3O. The van der Waals surface area contributed by atoms with E-state index in [4.69, 9.17) is 10.5 Å². The van der Waals surface area contributed by atoms with Crippen LogP contribution in [0.4, 0.5) is 0 Å². The van der Waals surface area contributed by atoms with Crippen molar-refractivity contribution in [2.24, 2.45) is 16.6 Å². The summed E-state index contributed by atoms with van der Waals surface area (Å²) in [6, 6.07) is 0.279. The summed E-state index contributed by atoms with van der Waals surface area (Å²) < 4.78 is 5.16. The SMILES string of the molecule is COCC1CCN(C(N)=NC(C)C)CC1. The molecule has 0 aromatic heterocycles. The van der Waals surface area contributed by atoms with E-state index in [2.05, 4.69) is 9.89 Å². The maximum Gasteiger partial charge on any atom is 0.191 e. The highest BCUT2D eigenvalue weighted by atomic mass is 16.5. The number of nitrogens with two attached hydrogens (primary N) is 1. The van der Waals surface area contributed by atoms with Crippen molar-refractivity contribution in [3.8, 4) is 0 Å². The number of piperidine rings is 1. The van der Waals surface area contributed by atoms with Gasteiger partial charge in [0.05, 0.1) is 0 Å². The van der Waals surface area contributed by atoms with Gasteiger partial charge in [0, 0.05) is 32.8 Å². The summed E-state index contributed by atoms with van der Waals surface area (Å²) in [7, 11) is 1.76. The largest absolute Gasteiger partial charge is 0.384 e. The van der Waals surface area contributed by atoms with Gasteiger partial charge in [-0.1, -0.05) is 0 Å². The van der Waals surface area contributed by atoms with Crippen LogP contribution in [0, 0.1) is 5.92 Å². The Morgan fingerprint density at radius 1 is 1.47 bits per heavy atom. The smallest absolute Gasteiger partial charge is 0.191 e. The Bertz CT molecular complexity index is 208. The van der Waals surface area contributed by atoms with Crippen LogP contribution >= 0.6 is 0 Å². The summed E-state index contributed by atoms with van der Waals surface area (Å²) in [4.78, 5) is 6.53. The van der Waals surface area contributed by atoms with Crippen molar-refractivity contribution in [2.75, 3.05) is 26.8 Å². The van der Waals surface area contributed by atoms with Crippen molar-refractivity contribution < 1.29 is 4.74 Å². The molecule has 0 radical (unpaired) electrons. The molecule has 1 fully saturated rings. The highest BCUT2D eigenvalue weighted by Crippen LogP contribution is 2.16. The number of methoxy groups -OCH3 is 1. The van der Waals surface area contributed by atoms with Gasteiger partial charge in [-0.25, -0.2) is 0 Å². The molecule has 0 aromatic rings. The van der Waals surface area contributed by atoms with Crippen LogP contribution in [0.25, 0.3) is 0 Å². The summed E-state index contributed by atoms with van der Waals surface area (Å²) in [5.41, 5.74) is 5.91. The average molecular weight is 213 g/mol. The van der Waals surface area contributed by atoms with Crippen molar-refractivity contribution in [3.63, 3.8) is 0 Å². The minimum Gasteiger partial charge on any atom is -0.384 e. The Kier molecular flexibility index (Phi) is 4.88. The van der Waals surface area contributed by atoms with Gasteiger partial charge < -0.3 is 15.4 Å². The summed E-state index contributed by atoms with van der Waals surface area (Å²) in [6.07, 6.45) is 2.31. The third kappa shape index (κ3) is 4.08. The van der Waals surface area contributed by atoms with E-state index < -0.39 is 0 Å². The number of guanidine groups is 1. The number of nitrogens with zero attached hydrogens (tertiary/aromatic N) is 2. The molecule has 0 amide bonds. The van der Waals surface area contributed by atoms with Crippen LogP contribution in [0.15, 0.2) is 4.99 Å². The van der Waals surface area contributed by atoms with Gasteiger partial charge in [0.1, 0.15) is 0 Å². The lowest BCUT2D eigenvalue weighted by Crippen LogP contribution is -2.43. The number of hydrogen-bond acceptors (Lipinski definition) is 2. The molecule has 4 nitrogen and oxygen atoms in total. The molecular weight excluding hydrogens is 190 g/mol. The first kappa shape index (κ1) is 12.3. The van der Waals surface area contributed by atoms with Crippen LogP contribution in [-0.4, -0.2) is 43.7 Å². The lowest BCUT2D eigenvalue weighted by molar-refractivity contribution is 0.118. The van der Waals surface area contributed by atoms with E-state index in [0.717, 1.165) is 32.5 Å². The average Bonchev–Trinajstić information content (AvgIpc) is 2.18. The highest BCUT2D eigenvalue weighted by molar-refractivity contribution is 5.78. The monoisotopic (exact) mass is 213 g/mol. The van der Waals surface area contributed by atoms with Crippen LogP contribution < -0.4 is 5.73 Å². The van der Waals surface area contributed by atoms with Crippen LogP contribution in [0.5, 0.6) is 0 Å². The molecule has 15 heavy (non-hydrogen) atoms. The first-order valence-electron chi connectivity index (χ1n) is 5.70. The predicted molar refractivity (Wildman–Crippen MR) is 62.9 cm³/mol. The summed E-state index contributed by atoms with van der Waals surface area (Å²) in [5, 5.41) is 0. The standard InChI is InChI=1S/C11H23N3O/c1-9(2)13-11(12)14-6-4-10(5-7-14)8-15-3/h9-10H,4-8H2,1-3H3,(H2,12,13). The number of hydrogen-bond donors (Lipinski definition) is 1. The van der Waals surface area contributed by atoms with E-state index >= 15 is 0 Å². The van der Waals surface area contributed by atoms with Gasteiger partial charge in [-0.2, -0.15) is 0 Å². The Labute approximate surface area is 92.5 Å². The van der Waals surface area contributed by atoms with Crippen LogP contribution in [-0.2, 0) is 4.74 Å². The molecule has 0 aromatic carbocycles. The molecule has 0 saturated carbocycles. The molecule has 1 heterocycles. The third-order valence-corrected chi connectivity index (χ3v) is 2.73. The van der Waals surface area contributed by atoms with Gasteiger partial charge in [0.2, 0.25) is 0 Å². The van der Waals surface area contributed by atoms with E-state index in [1.54, 1.807) is 7.11 Å². The van der Waals surface area contributed by atoms with Crippen molar-refractivity contribution >= 4 is 5.96 Å². The second-order valence-electron chi connectivity index (χ2n) is 4.47. The molecule has 4 heteroatoms. The van der Waals surface area contributed by atoms with Crippen LogP contribution in [0.3, 0.4) is 0 Å². The lowest BCUT2D eigenvalue weighted by Gasteiger charge is -2.32. The first-order valence-corrected chi connectivity index (χ1v) is 5.70. The minimum atomic E-state index is 0.279. The molecule has 1 aliphatic rings. The number of ether oxygens (including phenoxy) is 1. The van der Waals surface area contributed by atoms with Crippen molar-refractivity contribution in [2.45, 2.75) is 32.7 Å². The number of likely N-dealkylation sites (tertiary alicyclic amines) is 1. The second-order valence-corrected chi connectivity index (χ2v) is 4.47. The zero-order valence-corrected chi connectivity index (χ0v) is 10.1. The normalized spacial score (nSPS) is 20.0. The van der Waals surface area contributed by atoms with E-state index in [1.807, 2.05) is 13.8 Å². The second kappa shape index (κ2) is 5.95. The highest BCUT2D eigenvalue weighted by Gasteiger charge is 2.20. The fraction of sp³-hybridized carbons (Fsp3) is 0.909. The molecule has 0 bridgehead atoms. The quantitative estimate of drug-likeness (QED) is 0.563. The van der Waals surface area contributed by atoms with Gasteiger partial charge in [-0.3, -0.25) is 4.99 Å². The van der Waals surface area contributed by atoms with Gasteiger partial charge in [0.25, 0.3) is 0 Å². The number of rotatable bonds is 3. The molecule has 1 saturated heterocycles. The molecule has 0 atom stereocenters. The minimum absolute atomic E-state index is 0.279. The fourth-order valence-corrected chi connectivity index (χ4v) is 1.91. The maximum absolute atomic E-state index is 5.91. The first-order chi connectivity index (χ1) is 7.13. The molecule has 1 rings (SSSR count). The molecule has 88 valence electrons. The summed E-state index contributed by atoms with van der Waals surface area (Å²) in [6.45, 7) is 6.98. The van der Waals surface area contributed by atoms with Crippen molar-refractivity contribution in [1.29, 1.82) is 0 Å². The van der Waals surface area contributed by atoms with E-state index in [-0.39, 0.29) is 6.04 Å². The van der Waals surface area contributed by atoms with Gasteiger partial charge in [-0.05, 0) is 32.6 Å². The van der Waals surface area contributed by atoms with Gasteiger partial charge in [-0.15, -0.1) is 0 Å². The Balaban J connectivity index is 2.36. The van der Waals surface area contributed by atoms with E-state index in [1.165, 1.54) is 0 Å². The zero-order chi connectivity index (χ0) is 11.3. The third-order valence-electron chi connectivity index (χ3n) is 2.73. The Morgan fingerprint density at radius 3 is 2.53 bits per heavy atom. The van der Waals surface area contributed by atoms with Gasteiger partial charge in [0.15, 0.2) is 5.96 Å². The Hall–Kier alpha value is -0.770. The molecule has 0 aliphatic carbocycles. The zero-order valence-electron chi connectivity index (χ0n) is 10.1. The van der Waals surface area contributed by atoms with Gasteiger partial charge >= 0.3 is 0 Å². The summed E-state index contributed by atoms with van der Waals surface area (Å²) >= 11 is 0. The predicted octanol–water partition coefficient (Wildman–Crippen LogP) is 1.07. The van der Waals surface area contributed by atoms with Crippen LogP contribution in [0.1, 0.15) is 26.7 Å². The van der Waals surface area contributed by atoms with E-state index in [0.29, 0.717) is 11.9 Å². The topological polar surface area (TPSA) is 50.9 Å². The maximum atomic E-state index is 5.91. The van der Waals surface area contributed by atoms with Crippen molar-refractivity contribution in [3.05, 3.63) is 0 Å². The van der Waals surface area contributed by atoms with E-state index in [9.17, 15) is 0 Å². The Morgan fingerprint density at radius 2 is 2.07 bits per heavy atom. The molecule has 1 aliphatic heterocycles.